The molecule has 0 bridgehead atoms. The van der Waals surface area contributed by atoms with E-state index in [0.29, 0.717) is 0 Å². The van der Waals surface area contributed by atoms with E-state index >= 15 is 0 Å². The predicted octanol–water partition coefficient (Wildman–Crippen LogP) is 1.67. The van der Waals surface area contributed by atoms with E-state index < -0.39 is 0 Å². The van der Waals surface area contributed by atoms with Crippen molar-refractivity contribution in [2.24, 2.45) is 0 Å². The Bertz CT molecular complexity index is 103. The molecule has 1 rings (SSSR count). The molecule has 3 nitrogen and oxygen atoms in total. The van der Waals surface area contributed by atoms with E-state index in [2.05, 4.69) is 0 Å². The fraction of sp³-hybridized carbons (Fsp3) is 0. The zero-order valence-electron chi connectivity index (χ0n) is 3.63. The van der Waals surface area contributed by atoms with Crippen LogP contribution in [0.5, 0.6) is 0 Å². The monoisotopic (exact) mass is 173 g/mol. The Labute approximate surface area is 61.9 Å². The van der Waals surface area contributed by atoms with Crippen molar-refractivity contribution < 1.29 is 0 Å². The van der Waals surface area contributed by atoms with Gasteiger partial charge in [0, 0.05) is 35.3 Å². The van der Waals surface area contributed by atoms with E-state index in [9.17, 15) is 0 Å². The summed E-state index contributed by atoms with van der Waals surface area (Å²) in [5, 5.41) is 0. The van der Waals surface area contributed by atoms with Crippen LogP contribution in [-0.2, 0) is 0 Å². The number of hydrogen-bond acceptors (Lipinski definition) is 3. The molecule has 0 atom stereocenters. The molecule has 0 aromatic rings. The molecule has 0 fully saturated rings. The highest BCUT2D eigenvalue weighted by Crippen LogP contribution is 2.19. The number of rotatable bonds is 0. The first-order valence-electron chi connectivity index (χ1n) is 1.76. The van der Waals surface area contributed by atoms with Crippen LogP contribution in [0, 0.1) is 0 Å². The summed E-state index contributed by atoms with van der Waals surface area (Å²) in [6, 6.07) is 0. The summed E-state index contributed by atoms with van der Waals surface area (Å²) in [7, 11) is 0. The average molecular weight is 174 g/mol. The molecule has 0 N–H and O–H groups in total. The normalized spacial score (nSPS) is 20.9. The summed E-state index contributed by atoms with van der Waals surface area (Å²) >= 11 is 16.1. The first-order valence-corrected chi connectivity index (χ1v) is 2.77. The third-order valence-corrected chi connectivity index (χ3v) is 1.62. The number of hydrazine groups is 2. The third kappa shape index (κ3) is 0.951. The van der Waals surface area contributed by atoms with Gasteiger partial charge in [0.1, 0.15) is 0 Å². The molecule has 1 heterocycles. The highest BCUT2D eigenvalue weighted by molar-refractivity contribution is 6.23. The second-order valence-electron chi connectivity index (χ2n) is 1.12. The van der Waals surface area contributed by atoms with Gasteiger partial charge in [-0.2, -0.15) is 9.06 Å². The minimum atomic E-state index is 1.00. The maximum atomic E-state index is 5.37. The van der Waals surface area contributed by atoms with Gasteiger partial charge in [0.05, 0.1) is 12.4 Å². The van der Waals surface area contributed by atoms with Gasteiger partial charge in [0.25, 0.3) is 0 Å². The summed E-state index contributed by atoms with van der Waals surface area (Å²) in [5.74, 6) is 0. The molecule has 0 unspecified atom stereocenters. The highest BCUT2D eigenvalue weighted by Gasteiger charge is 2.17. The Morgan fingerprint density at radius 3 is 1.38 bits per heavy atom. The van der Waals surface area contributed by atoms with Gasteiger partial charge in [-0.15, -0.1) is 0 Å². The topological polar surface area (TPSA) is 9.72 Å². The Hall–Kier alpha value is 0.170. The fourth-order valence-corrected chi connectivity index (χ4v) is 0.684. The maximum absolute atomic E-state index is 5.37. The summed E-state index contributed by atoms with van der Waals surface area (Å²) < 4.78 is 3.21. The van der Waals surface area contributed by atoms with Crippen molar-refractivity contribution in [1.82, 2.24) is 13.7 Å². The zero-order valence-corrected chi connectivity index (χ0v) is 5.90. The second-order valence-corrected chi connectivity index (χ2v) is 2.11. The van der Waals surface area contributed by atoms with E-state index in [4.69, 9.17) is 35.3 Å². The first kappa shape index (κ1) is 6.29. The minimum Gasteiger partial charge on any atom is -0.186 e. The molecule has 0 radical (unpaired) electrons. The standard InChI is InChI=1S/C2H2Cl3N3/c3-6-1-2-7(4)8(6)5/h1-2H. The van der Waals surface area contributed by atoms with Crippen LogP contribution in [0.2, 0.25) is 0 Å². The molecule has 0 aliphatic carbocycles. The molecule has 1 aliphatic rings. The lowest BCUT2D eigenvalue weighted by atomic mass is 11.0. The highest BCUT2D eigenvalue weighted by atomic mass is 35.5. The van der Waals surface area contributed by atoms with E-state index in [1.165, 1.54) is 12.4 Å². The van der Waals surface area contributed by atoms with Gasteiger partial charge < -0.3 is 0 Å². The second kappa shape index (κ2) is 2.19. The number of halogens is 3. The maximum Gasteiger partial charge on any atom is 0.0570 e. The van der Waals surface area contributed by atoms with E-state index in [1.807, 2.05) is 0 Å². The molecule has 0 saturated heterocycles. The number of nitrogens with zero attached hydrogens (tertiary/aromatic N) is 3. The van der Waals surface area contributed by atoms with Crippen LogP contribution in [0.25, 0.3) is 0 Å². The Kier molecular flexibility index (Phi) is 1.72. The quantitative estimate of drug-likeness (QED) is 0.517. The molecule has 0 spiro atoms. The number of hydrogen-bond donors (Lipinski definition) is 0. The summed E-state index contributed by atoms with van der Waals surface area (Å²) in [4.78, 5) is 0. The zero-order chi connectivity index (χ0) is 6.15. The van der Waals surface area contributed by atoms with Crippen molar-refractivity contribution >= 4 is 35.3 Å². The predicted molar refractivity (Wildman–Crippen MR) is 32.2 cm³/mol. The van der Waals surface area contributed by atoms with Crippen LogP contribution < -0.4 is 0 Å². The lowest BCUT2D eigenvalue weighted by Crippen LogP contribution is -2.24. The van der Waals surface area contributed by atoms with Crippen molar-refractivity contribution in [2.75, 3.05) is 0 Å². The van der Waals surface area contributed by atoms with Crippen LogP contribution in [0.4, 0.5) is 0 Å². The SMILES string of the molecule is ClN1C=CN(Cl)N1Cl. The van der Waals surface area contributed by atoms with Crippen molar-refractivity contribution in [3.05, 3.63) is 12.4 Å². The molecule has 0 amide bonds. The molecular formula is C2H2Cl3N3. The van der Waals surface area contributed by atoms with Gasteiger partial charge in [-0.25, -0.2) is 0 Å². The molecule has 0 aromatic carbocycles. The van der Waals surface area contributed by atoms with E-state index in [1.54, 1.807) is 0 Å². The van der Waals surface area contributed by atoms with Crippen molar-refractivity contribution in [2.45, 2.75) is 0 Å². The van der Waals surface area contributed by atoms with Crippen LogP contribution in [0.3, 0.4) is 0 Å². The molecule has 0 aromatic heterocycles. The van der Waals surface area contributed by atoms with Gasteiger partial charge in [-0.05, 0) is 4.64 Å². The van der Waals surface area contributed by atoms with Gasteiger partial charge in [0.2, 0.25) is 0 Å². The molecular weight excluding hydrogens is 172 g/mol. The Balaban J connectivity index is 2.55. The first-order chi connectivity index (χ1) is 3.72. The lowest BCUT2D eigenvalue weighted by Gasteiger charge is -2.16. The summed E-state index contributed by atoms with van der Waals surface area (Å²) in [6.45, 7) is 0. The summed E-state index contributed by atoms with van der Waals surface area (Å²) in [5.41, 5.74) is 0. The molecule has 46 valence electrons. The van der Waals surface area contributed by atoms with Crippen LogP contribution >= 0.6 is 35.3 Å². The molecule has 0 saturated carbocycles. The molecule has 6 heteroatoms. The van der Waals surface area contributed by atoms with Gasteiger partial charge >= 0.3 is 0 Å². The summed E-state index contributed by atoms with van der Waals surface area (Å²) in [6.07, 6.45) is 3.00. The van der Waals surface area contributed by atoms with Crippen LogP contribution in [0.1, 0.15) is 0 Å². The van der Waals surface area contributed by atoms with E-state index in [-0.39, 0.29) is 0 Å². The molecule has 8 heavy (non-hydrogen) atoms. The van der Waals surface area contributed by atoms with Gasteiger partial charge in [-0.3, -0.25) is 0 Å². The van der Waals surface area contributed by atoms with Gasteiger partial charge in [0.15, 0.2) is 0 Å². The Morgan fingerprint density at radius 1 is 0.875 bits per heavy atom. The lowest BCUT2D eigenvalue weighted by molar-refractivity contribution is 0.124. The van der Waals surface area contributed by atoms with Gasteiger partial charge in [-0.1, -0.05) is 0 Å². The minimum absolute atomic E-state index is 1.00. The van der Waals surface area contributed by atoms with Crippen molar-refractivity contribution in [3.63, 3.8) is 0 Å². The Morgan fingerprint density at radius 2 is 1.25 bits per heavy atom. The molecule has 1 aliphatic heterocycles. The van der Waals surface area contributed by atoms with Crippen molar-refractivity contribution in [3.8, 4) is 0 Å². The smallest absolute Gasteiger partial charge is 0.0570 e. The van der Waals surface area contributed by atoms with Crippen molar-refractivity contribution in [1.29, 1.82) is 0 Å². The van der Waals surface area contributed by atoms with Crippen LogP contribution in [-0.4, -0.2) is 13.7 Å². The fourth-order valence-electron chi connectivity index (χ4n) is 0.302. The average Bonchev–Trinajstić information content (AvgIpc) is 1.98. The van der Waals surface area contributed by atoms with Crippen LogP contribution in [0.15, 0.2) is 12.4 Å². The van der Waals surface area contributed by atoms with E-state index in [0.717, 1.165) is 13.7 Å². The largest absolute Gasteiger partial charge is 0.186 e. The third-order valence-electron chi connectivity index (χ3n) is 0.628.